The summed E-state index contributed by atoms with van der Waals surface area (Å²) in [6.07, 6.45) is 0. The second-order valence-electron chi connectivity index (χ2n) is 2.04. The minimum Gasteiger partial charge on any atom is -0.791 e. The topological polar surface area (TPSA) is 85.6 Å². The largest absolute Gasteiger partial charge is 0.791 e. The molecule has 0 bridgehead atoms. The van der Waals surface area contributed by atoms with Gasteiger partial charge in [-0.2, -0.15) is 0 Å². The Hall–Kier alpha value is -1.43. The van der Waals surface area contributed by atoms with Crippen molar-refractivity contribution in [2.24, 2.45) is 5.16 Å². The van der Waals surface area contributed by atoms with Crippen LogP contribution in [-0.2, 0) is 4.79 Å². The number of carboxylic acid groups (broad SMARTS) is 1. The Morgan fingerprint density at radius 3 is 2.83 bits per heavy atom. The highest BCUT2D eigenvalue weighted by Gasteiger charge is 2.13. The Morgan fingerprint density at radius 1 is 1.83 bits per heavy atom. The number of rotatable bonds is 2. The van der Waals surface area contributed by atoms with Gasteiger partial charge in [-0.1, -0.05) is 0 Å². The number of thiazole rings is 1. The standard InChI is InChI=1S/C6H6N2O3S/c1-3-2-12-5(7-3)4(8-11)6(9)10/h2,11H,1H3,(H,9,10)/p-1. The van der Waals surface area contributed by atoms with Crippen LogP contribution in [-0.4, -0.2) is 21.8 Å². The number of aromatic nitrogens is 1. The highest BCUT2D eigenvalue weighted by atomic mass is 32.1. The summed E-state index contributed by atoms with van der Waals surface area (Å²) in [5.74, 6) is -1.35. The van der Waals surface area contributed by atoms with Crippen LogP contribution in [0.25, 0.3) is 0 Å². The molecule has 0 unspecified atom stereocenters. The Labute approximate surface area is 72.0 Å². The Morgan fingerprint density at radius 2 is 2.50 bits per heavy atom. The lowest BCUT2D eigenvalue weighted by Crippen LogP contribution is -2.13. The smallest absolute Gasteiger partial charge is 0.356 e. The second kappa shape index (κ2) is 3.31. The normalized spacial score (nSPS) is 11.6. The maximum absolute atomic E-state index is 10.4. The van der Waals surface area contributed by atoms with Crippen LogP contribution in [0.3, 0.4) is 0 Å². The van der Waals surface area contributed by atoms with Gasteiger partial charge in [0.05, 0.1) is 0 Å². The monoisotopic (exact) mass is 185 g/mol. The lowest BCUT2D eigenvalue weighted by atomic mass is 10.4. The molecule has 1 aromatic heterocycles. The van der Waals surface area contributed by atoms with E-state index in [1.165, 1.54) is 0 Å². The predicted octanol–water partition coefficient (Wildman–Crippen LogP) is 0.823. The van der Waals surface area contributed by atoms with Crippen molar-refractivity contribution in [2.45, 2.75) is 6.92 Å². The zero-order valence-electron chi connectivity index (χ0n) is 6.14. The molecule has 6 heteroatoms. The van der Waals surface area contributed by atoms with E-state index in [9.17, 15) is 10.0 Å². The number of carboxylic acids is 1. The van der Waals surface area contributed by atoms with Gasteiger partial charge in [0, 0.05) is 11.1 Å². The number of hydrogen-bond acceptors (Lipinski definition) is 5. The van der Waals surface area contributed by atoms with E-state index >= 15 is 0 Å². The highest BCUT2D eigenvalue weighted by molar-refractivity contribution is 7.12. The fourth-order valence-corrected chi connectivity index (χ4v) is 1.40. The van der Waals surface area contributed by atoms with Crippen LogP contribution >= 0.6 is 11.3 Å². The van der Waals surface area contributed by atoms with Gasteiger partial charge >= 0.3 is 5.97 Å². The Kier molecular flexibility index (Phi) is 2.39. The highest BCUT2D eigenvalue weighted by Crippen LogP contribution is 2.09. The average Bonchev–Trinajstić information content (AvgIpc) is 2.37. The molecule has 0 spiro atoms. The van der Waals surface area contributed by atoms with Crippen molar-refractivity contribution in [1.29, 1.82) is 0 Å². The quantitative estimate of drug-likeness (QED) is 0.546. The van der Waals surface area contributed by atoms with Gasteiger partial charge in [-0.25, -0.2) is 9.78 Å². The zero-order valence-corrected chi connectivity index (χ0v) is 6.96. The molecule has 0 aliphatic rings. The molecule has 0 radical (unpaired) electrons. The van der Waals surface area contributed by atoms with Crippen LogP contribution in [0.5, 0.6) is 0 Å². The first-order valence-electron chi connectivity index (χ1n) is 3.01. The van der Waals surface area contributed by atoms with Crippen molar-refractivity contribution in [3.05, 3.63) is 21.3 Å². The van der Waals surface area contributed by atoms with E-state index in [0.717, 1.165) is 11.3 Å². The van der Waals surface area contributed by atoms with Crippen molar-refractivity contribution < 1.29 is 9.90 Å². The van der Waals surface area contributed by atoms with E-state index in [0.29, 0.717) is 5.69 Å². The van der Waals surface area contributed by atoms with Crippen LogP contribution in [0.1, 0.15) is 10.7 Å². The Bertz CT molecular complexity index is 331. The minimum atomic E-state index is -1.35. The van der Waals surface area contributed by atoms with E-state index in [1.54, 1.807) is 12.3 Å². The molecule has 0 aliphatic carbocycles. The fourth-order valence-electron chi connectivity index (χ4n) is 0.632. The molecule has 64 valence electrons. The molecule has 1 N–H and O–H groups in total. The summed E-state index contributed by atoms with van der Waals surface area (Å²) >= 11 is 1.09. The van der Waals surface area contributed by atoms with Gasteiger partial charge in [0.25, 0.3) is 0 Å². The molecule has 0 aliphatic heterocycles. The van der Waals surface area contributed by atoms with E-state index in [-0.39, 0.29) is 5.01 Å². The van der Waals surface area contributed by atoms with E-state index < -0.39 is 11.7 Å². The molecule has 1 aromatic rings. The predicted molar refractivity (Wildman–Crippen MR) is 44.4 cm³/mol. The zero-order chi connectivity index (χ0) is 9.14. The molecule has 0 saturated heterocycles. The number of hydrogen-bond donors (Lipinski definition) is 1. The second-order valence-corrected chi connectivity index (χ2v) is 2.90. The molecule has 12 heavy (non-hydrogen) atoms. The van der Waals surface area contributed by atoms with Gasteiger partial charge in [-0.3, -0.25) is 0 Å². The molecule has 0 aromatic carbocycles. The summed E-state index contributed by atoms with van der Waals surface area (Å²) in [7, 11) is 0. The summed E-state index contributed by atoms with van der Waals surface area (Å²) in [5, 5.41) is 22.7. The molecular formula is C6H5N2O3S-. The molecule has 1 rings (SSSR count). The summed E-state index contributed by atoms with van der Waals surface area (Å²) in [5.41, 5.74) is 0.144. The van der Waals surface area contributed by atoms with Crippen molar-refractivity contribution in [2.75, 3.05) is 0 Å². The first-order valence-corrected chi connectivity index (χ1v) is 3.89. The minimum absolute atomic E-state index is 0.148. The summed E-state index contributed by atoms with van der Waals surface area (Å²) < 4.78 is 0. The van der Waals surface area contributed by atoms with Crippen molar-refractivity contribution in [1.82, 2.24) is 4.98 Å². The number of nitrogens with zero attached hydrogens (tertiary/aromatic N) is 2. The van der Waals surface area contributed by atoms with E-state index in [4.69, 9.17) is 5.11 Å². The molecular weight excluding hydrogens is 180 g/mol. The summed E-state index contributed by atoms with van der Waals surface area (Å²) in [6.45, 7) is 1.71. The fraction of sp³-hybridized carbons (Fsp3) is 0.167. The van der Waals surface area contributed by atoms with Crippen LogP contribution in [0.15, 0.2) is 10.5 Å². The first-order chi connectivity index (χ1) is 5.65. The lowest BCUT2D eigenvalue weighted by molar-refractivity contribution is -0.129. The van der Waals surface area contributed by atoms with Crippen LogP contribution in [0.4, 0.5) is 0 Å². The maximum Gasteiger partial charge on any atom is 0.356 e. The van der Waals surface area contributed by atoms with Crippen molar-refractivity contribution in [3.63, 3.8) is 0 Å². The Balaban J connectivity index is 3.04. The van der Waals surface area contributed by atoms with Gasteiger partial charge in [-0.05, 0) is 6.92 Å². The summed E-state index contributed by atoms with van der Waals surface area (Å²) in [4.78, 5) is 14.2. The van der Waals surface area contributed by atoms with Crippen LogP contribution in [0.2, 0.25) is 0 Å². The maximum atomic E-state index is 10.4. The molecule has 1 heterocycles. The molecule has 0 fully saturated rings. The number of aryl methyl sites for hydroxylation is 1. The molecule has 5 nitrogen and oxygen atoms in total. The van der Waals surface area contributed by atoms with E-state index in [2.05, 4.69) is 10.1 Å². The van der Waals surface area contributed by atoms with Crippen LogP contribution < -0.4 is 0 Å². The lowest BCUT2D eigenvalue weighted by Gasteiger charge is -1.97. The third-order valence-corrected chi connectivity index (χ3v) is 2.08. The van der Waals surface area contributed by atoms with Gasteiger partial charge in [-0.15, -0.1) is 11.3 Å². The van der Waals surface area contributed by atoms with Gasteiger partial charge in [0.2, 0.25) is 0 Å². The van der Waals surface area contributed by atoms with E-state index in [1.807, 2.05) is 0 Å². The van der Waals surface area contributed by atoms with Crippen LogP contribution in [0, 0.1) is 12.1 Å². The third kappa shape index (κ3) is 1.59. The average molecular weight is 185 g/mol. The van der Waals surface area contributed by atoms with Gasteiger partial charge < -0.3 is 15.5 Å². The third-order valence-electron chi connectivity index (χ3n) is 1.12. The van der Waals surface area contributed by atoms with Crippen molar-refractivity contribution in [3.8, 4) is 0 Å². The number of aliphatic carboxylic acids is 1. The SMILES string of the molecule is Cc1csc(C(=N[O-])C(=O)O)n1. The van der Waals surface area contributed by atoms with Crippen molar-refractivity contribution >= 4 is 23.0 Å². The molecule has 0 saturated carbocycles. The molecule has 0 atom stereocenters. The number of carbonyl (C=O) groups is 1. The van der Waals surface area contributed by atoms with Gasteiger partial charge in [0.15, 0.2) is 5.71 Å². The molecule has 0 amide bonds. The summed E-state index contributed by atoms with van der Waals surface area (Å²) in [6, 6.07) is 0. The van der Waals surface area contributed by atoms with Gasteiger partial charge in [0.1, 0.15) is 5.01 Å². The first kappa shape index (κ1) is 8.66.